The Morgan fingerprint density at radius 3 is 2.73 bits per heavy atom. The van der Waals surface area contributed by atoms with E-state index in [-0.39, 0.29) is 6.04 Å². The summed E-state index contributed by atoms with van der Waals surface area (Å²) in [6, 6.07) is 5.86. The molecular formula is C11H12BrN3. The topological polar surface area (TPSA) is 51.8 Å². The highest BCUT2D eigenvalue weighted by Crippen LogP contribution is 2.26. The van der Waals surface area contributed by atoms with Gasteiger partial charge in [0.25, 0.3) is 0 Å². The zero-order valence-corrected chi connectivity index (χ0v) is 10.2. The molecule has 0 saturated heterocycles. The van der Waals surface area contributed by atoms with Crippen molar-refractivity contribution in [3.63, 3.8) is 0 Å². The molecule has 1 aromatic carbocycles. The second-order valence-corrected chi connectivity index (χ2v) is 4.44. The minimum atomic E-state index is -0.0801. The number of rotatable bonds is 1. The summed E-state index contributed by atoms with van der Waals surface area (Å²) < 4.78 is 0.979. The average Bonchev–Trinajstić information content (AvgIpc) is 2.18. The molecule has 1 heterocycles. The lowest BCUT2D eigenvalue weighted by Crippen LogP contribution is -2.10. The largest absolute Gasteiger partial charge is 0.323 e. The number of benzene rings is 1. The first-order chi connectivity index (χ1) is 7.09. The van der Waals surface area contributed by atoms with E-state index in [1.807, 2.05) is 32.0 Å². The fourth-order valence-corrected chi connectivity index (χ4v) is 2.06. The number of para-hydroxylation sites is 1. The molecule has 1 atom stereocenters. The summed E-state index contributed by atoms with van der Waals surface area (Å²) in [6.07, 6.45) is 0. The maximum Gasteiger partial charge on any atom is 0.126 e. The third-order valence-corrected chi connectivity index (χ3v) is 2.89. The van der Waals surface area contributed by atoms with Crippen molar-refractivity contribution in [1.82, 2.24) is 9.97 Å². The molecule has 0 saturated carbocycles. The van der Waals surface area contributed by atoms with Crippen LogP contribution >= 0.6 is 15.9 Å². The molecule has 2 rings (SSSR count). The van der Waals surface area contributed by atoms with E-state index in [0.29, 0.717) is 0 Å². The quantitative estimate of drug-likeness (QED) is 0.863. The van der Waals surface area contributed by atoms with Gasteiger partial charge in [0.2, 0.25) is 0 Å². The summed E-state index contributed by atoms with van der Waals surface area (Å²) in [6.45, 7) is 3.81. The average molecular weight is 266 g/mol. The summed E-state index contributed by atoms with van der Waals surface area (Å²) in [5, 5.41) is 1.02. The summed E-state index contributed by atoms with van der Waals surface area (Å²) in [5.74, 6) is 0.752. The van der Waals surface area contributed by atoms with Gasteiger partial charge in [-0.25, -0.2) is 9.97 Å². The highest BCUT2D eigenvalue weighted by molar-refractivity contribution is 9.10. The number of nitrogens with two attached hydrogens (primary N) is 1. The van der Waals surface area contributed by atoms with Crippen LogP contribution in [0.15, 0.2) is 22.7 Å². The van der Waals surface area contributed by atoms with Gasteiger partial charge in [0.1, 0.15) is 5.82 Å². The van der Waals surface area contributed by atoms with Crippen LogP contribution in [-0.2, 0) is 0 Å². The number of hydrogen-bond acceptors (Lipinski definition) is 3. The number of nitrogens with zero attached hydrogens (tertiary/aromatic N) is 2. The molecule has 0 aliphatic carbocycles. The molecule has 1 unspecified atom stereocenters. The fraction of sp³-hybridized carbons (Fsp3) is 0.273. The Kier molecular flexibility index (Phi) is 2.71. The molecular weight excluding hydrogens is 254 g/mol. The maximum absolute atomic E-state index is 5.89. The molecule has 4 heteroatoms. The van der Waals surface area contributed by atoms with Crippen molar-refractivity contribution in [2.24, 2.45) is 5.73 Å². The second-order valence-electron chi connectivity index (χ2n) is 3.58. The first-order valence-electron chi connectivity index (χ1n) is 4.78. The molecule has 78 valence electrons. The Morgan fingerprint density at radius 1 is 1.33 bits per heavy atom. The van der Waals surface area contributed by atoms with Crippen LogP contribution in [0.3, 0.4) is 0 Å². The molecule has 0 spiro atoms. The van der Waals surface area contributed by atoms with Crippen LogP contribution in [0, 0.1) is 6.92 Å². The summed E-state index contributed by atoms with van der Waals surface area (Å²) >= 11 is 3.48. The lowest BCUT2D eigenvalue weighted by Gasteiger charge is -2.10. The van der Waals surface area contributed by atoms with Gasteiger partial charge in [0.05, 0.1) is 11.2 Å². The van der Waals surface area contributed by atoms with Gasteiger partial charge in [-0.15, -0.1) is 0 Å². The molecule has 2 aromatic rings. The smallest absolute Gasteiger partial charge is 0.126 e. The van der Waals surface area contributed by atoms with Gasteiger partial charge in [0.15, 0.2) is 0 Å². The molecule has 0 amide bonds. The minimum Gasteiger partial charge on any atom is -0.323 e. The van der Waals surface area contributed by atoms with Crippen LogP contribution in [0.2, 0.25) is 0 Å². The molecule has 3 nitrogen and oxygen atoms in total. The van der Waals surface area contributed by atoms with Crippen LogP contribution in [-0.4, -0.2) is 9.97 Å². The molecule has 1 aromatic heterocycles. The van der Waals surface area contributed by atoms with Gasteiger partial charge in [0, 0.05) is 15.9 Å². The summed E-state index contributed by atoms with van der Waals surface area (Å²) in [5.41, 5.74) is 7.72. The Balaban J connectivity index is 2.86. The molecule has 0 aliphatic heterocycles. The van der Waals surface area contributed by atoms with Gasteiger partial charge < -0.3 is 5.73 Å². The first kappa shape index (κ1) is 10.5. The van der Waals surface area contributed by atoms with Crippen molar-refractivity contribution < 1.29 is 0 Å². The standard InChI is InChI=1S/C11H12BrN3/c1-6(13)10-8-4-3-5-9(12)11(8)15-7(2)14-10/h3-6H,13H2,1-2H3. The van der Waals surface area contributed by atoms with Gasteiger partial charge in [-0.05, 0) is 35.8 Å². The van der Waals surface area contributed by atoms with E-state index in [1.54, 1.807) is 0 Å². The van der Waals surface area contributed by atoms with E-state index in [1.165, 1.54) is 0 Å². The predicted molar refractivity (Wildman–Crippen MR) is 64.6 cm³/mol. The molecule has 0 radical (unpaired) electrons. The van der Waals surface area contributed by atoms with E-state index in [4.69, 9.17) is 5.73 Å². The number of aromatic nitrogens is 2. The third-order valence-electron chi connectivity index (χ3n) is 2.25. The van der Waals surface area contributed by atoms with Gasteiger partial charge >= 0.3 is 0 Å². The Labute approximate surface area is 96.9 Å². The van der Waals surface area contributed by atoms with Crippen molar-refractivity contribution in [1.29, 1.82) is 0 Å². The predicted octanol–water partition coefficient (Wildman–Crippen LogP) is 2.72. The zero-order chi connectivity index (χ0) is 11.0. The number of hydrogen-bond donors (Lipinski definition) is 1. The number of fused-ring (bicyclic) bond motifs is 1. The Bertz CT molecular complexity index is 508. The van der Waals surface area contributed by atoms with Crippen LogP contribution in [0.1, 0.15) is 24.5 Å². The minimum absolute atomic E-state index is 0.0801. The van der Waals surface area contributed by atoms with Crippen LogP contribution in [0.4, 0.5) is 0 Å². The number of aryl methyl sites for hydroxylation is 1. The summed E-state index contributed by atoms with van der Waals surface area (Å²) in [7, 11) is 0. The molecule has 0 aliphatic rings. The van der Waals surface area contributed by atoms with Crippen LogP contribution < -0.4 is 5.73 Å². The van der Waals surface area contributed by atoms with Crippen LogP contribution in [0.5, 0.6) is 0 Å². The van der Waals surface area contributed by atoms with Crippen molar-refractivity contribution in [3.8, 4) is 0 Å². The maximum atomic E-state index is 5.89. The van der Waals surface area contributed by atoms with Gasteiger partial charge in [-0.3, -0.25) is 0 Å². The molecule has 15 heavy (non-hydrogen) atoms. The lowest BCUT2D eigenvalue weighted by atomic mass is 10.1. The zero-order valence-electron chi connectivity index (χ0n) is 8.66. The fourth-order valence-electron chi connectivity index (χ4n) is 1.60. The molecule has 2 N–H and O–H groups in total. The van der Waals surface area contributed by atoms with Crippen molar-refractivity contribution in [2.45, 2.75) is 19.9 Å². The van der Waals surface area contributed by atoms with E-state index >= 15 is 0 Å². The highest BCUT2D eigenvalue weighted by atomic mass is 79.9. The number of halogens is 1. The molecule has 0 bridgehead atoms. The van der Waals surface area contributed by atoms with Crippen molar-refractivity contribution in [2.75, 3.05) is 0 Å². The summed E-state index contributed by atoms with van der Waals surface area (Å²) in [4.78, 5) is 8.79. The molecule has 0 fully saturated rings. The second kappa shape index (κ2) is 3.87. The van der Waals surface area contributed by atoms with E-state index < -0.39 is 0 Å². The Hall–Kier alpha value is -1.00. The normalized spacial score (nSPS) is 13.1. The SMILES string of the molecule is Cc1nc(C(C)N)c2cccc(Br)c2n1. The van der Waals surface area contributed by atoms with Crippen molar-refractivity contribution in [3.05, 3.63) is 34.2 Å². The third kappa shape index (κ3) is 1.87. The van der Waals surface area contributed by atoms with Gasteiger partial charge in [-0.1, -0.05) is 12.1 Å². The Morgan fingerprint density at radius 2 is 2.07 bits per heavy atom. The van der Waals surface area contributed by atoms with Crippen molar-refractivity contribution >= 4 is 26.8 Å². The van der Waals surface area contributed by atoms with E-state index in [0.717, 1.165) is 26.9 Å². The van der Waals surface area contributed by atoms with E-state index in [2.05, 4.69) is 25.9 Å². The van der Waals surface area contributed by atoms with Gasteiger partial charge in [-0.2, -0.15) is 0 Å². The van der Waals surface area contributed by atoms with E-state index in [9.17, 15) is 0 Å². The monoisotopic (exact) mass is 265 g/mol. The highest BCUT2D eigenvalue weighted by Gasteiger charge is 2.10. The van der Waals surface area contributed by atoms with Crippen LogP contribution in [0.25, 0.3) is 10.9 Å². The first-order valence-corrected chi connectivity index (χ1v) is 5.57. The lowest BCUT2D eigenvalue weighted by molar-refractivity contribution is 0.778.